The third-order valence-electron chi connectivity index (χ3n) is 3.71. The smallest absolute Gasteiger partial charge is 0.399 e. The molecule has 152 valence electrons. The first-order chi connectivity index (χ1) is 14.9. The second-order valence-electron chi connectivity index (χ2n) is 5.99. The zero-order chi connectivity index (χ0) is 22.2. The van der Waals surface area contributed by atoms with Gasteiger partial charge in [0.15, 0.2) is 0 Å². The summed E-state index contributed by atoms with van der Waals surface area (Å²) in [6, 6.07) is 16.7. The minimum atomic E-state index is -1.03. The van der Waals surface area contributed by atoms with Crippen molar-refractivity contribution in [3.63, 3.8) is 0 Å². The predicted octanol–water partition coefficient (Wildman–Crippen LogP) is 4.39. The fraction of sp³-hybridized carbons (Fsp3) is 0. The van der Waals surface area contributed by atoms with Crippen LogP contribution < -0.4 is 24.7 Å². The zero-order valence-corrected chi connectivity index (χ0v) is 16.0. The second-order valence-corrected chi connectivity index (χ2v) is 5.99. The molecule has 0 radical (unpaired) electrons. The van der Waals surface area contributed by atoms with Gasteiger partial charge >= 0.3 is 12.3 Å². The average molecular weight is 413 g/mol. The van der Waals surface area contributed by atoms with Crippen LogP contribution in [0.3, 0.4) is 0 Å². The lowest BCUT2D eigenvalue weighted by atomic mass is 10.2. The second kappa shape index (κ2) is 9.55. The van der Waals surface area contributed by atoms with Gasteiger partial charge in [0.05, 0.1) is 0 Å². The average Bonchev–Trinajstić information content (AvgIpc) is 2.73. The number of anilines is 1. The standard InChI is InChI=1S/C24H15NO6/c1-3-16-7-5-9-19(11-16)28-23(26)30-21-13-18(25)14-22(15-21)31-24(27)29-20-10-6-8-17(4-2)12-20/h1-2,5-15H,25H2. The first kappa shape index (κ1) is 20.8. The van der Waals surface area contributed by atoms with Crippen LogP contribution in [0.5, 0.6) is 23.0 Å². The summed E-state index contributed by atoms with van der Waals surface area (Å²) in [5.74, 6) is 5.26. The maximum absolute atomic E-state index is 12.0. The van der Waals surface area contributed by atoms with Crippen LogP contribution in [0.1, 0.15) is 11.1 Å². The highest BCUT2D eigenvalue weighted by Crippen LogP contribution is 2.26. The van der Waals surface area contributed by atoms with Gasteiger partial charge < -0.3 is 24.7 Å². The molecular formula is C24H15NO6. The van der Waals surface area contributed by atoms with Crippen molar-refractivity contribution < 1.29 is 28.5 Å². The largest absolute Gasteiger partial charge is 0.519 e. The number of rotatable bonds is 4. The van der Waals surface area contributed by atoms with E-state index >= 15 is 0 Å². The van der Waals surface area contributed by atoms with E-state index in [1.807, 2.05) is 0 Å². The normalized spacial score (nSPS) is 9.61. The molecule has 0 aliphatic carbocycles. The molecule has 0 saturated carbocycles. The number of terminal acetylenes is 2. The summed E-state index contributed by atoms with van der Waals surface area (Å²) in [4.78, 5) is 24.1. The Labute approximate surface area is 178 Å². The van der Waals surface area contributed by atoms with Crippen molar-refractivity contribution in [2.24, 2.45) is 0 Å². The van der Waals surface area contributed by atoms with Gasteiger partial charge in [-0.25, -0.2) is 9.59 Å². The van der Waals surface area contributed by atoms with Crippen LogP contribution in [-0.4, -0.2) is 12.3 Å². The van der Waals surface area contributed by atoms with Crippen molar-refractivity contribution in [3.05, 3.63) is 77.9 Å². The van der Waals surface area contributed by atoms with E-state index in [4.69, 9.17) is 37.5 Å². The molecule has 0 amide bonds. The molecule has 0 fully saturated rings. The summed E-state index contributed by atoms with van der Waals surface area (Å²) in [6.07, 6.45) is 8.57. The Morgan fingerprint density at radius 3 is 1.48 bits per heavy atom. The SMILES string of the molecule is C#Cc1cccc(OC(=O)Oc2cc(N)cc(OC(=O)Oc3cccc(C#C)c3)c2)c1. The molecule has 3 rings (SSSR count). The van der Waals surface area contributed by atoms with Gasteiger partial charge in [-0.3, -0.25) is 0 Å². The number of benzene rings is 3. The number of nitrogen functional groups attached to an aromatic ring is 1. The molecule has 3 aromatic rings. The Morgan fingerprint density at radius 1 is 0.645 bits per heavy atom. The van der Waals surface area contributed by atoms with Crippen molar-refractivity contribution >= 4 is 18.0 Å². The fourth-order valence-electron chi connectivity index (χ4n) is 2.44. The van der Waals surface area contributed by atoms with Gasteiger partial charge in [-0.1, -0.05) is 24.0 Å². The molecule has 0 bridgehead atoms. The van der Waals surface area contributed by atoms with Crippen LogP contribution >= 0.6 is 0 Å². The lowest BCUT2D eigenvalue weighted by Gasteiger charge is -2.09. The summed E-state index contributed by atoms with van der Waals surface area (Å²) < 4.78 is 20.3. The quantitative estimate of drug-likeness (QED) is 0.293. The van der Waals surface area contributed by atoms with Crippen molar-refractivity contribution in [2.45, 2.75) is 0 Å². The van der Waals surface area contributed by atoms with E-state index in [9.17, 15) is 9.59 Å². The predicted molar refractivity (Wildman–Crippen MR) is 113 cm³/mol. The monoisotopic (exact) mass is 413 g/mol. The molecule has 0 atom stereocenters. The number of hydrogen-bond donors (Lipinski definition) is 1. The van der Waals surface area contributed by atoms with Crippen molar-refractivity contribution in [3.8, 4) is 47.7 Å². The molecule has 0 aliphatic heterocycles. The van der Waals surface area contributed by atoms with Crippen LogP contribution in [0.4, 0.5) is 15.3 Å². The number of carbonyl (C=O) groups excluding carboxylic acids is 2. The van der Waals surface area contributed by atoms with E-state index < -0.39 is 12.3 Å². The van der Waals surface area contributed by atoms with E-state index in [1.165, 1.54) is 30.3 Å². The third-order valence-corrected chi connectivity index (χ3v) is 3.71. The molecule has 0 aliphatic rings. The van der Waals surface area contributed by atoms with Crippen molar-refractivity contribution in [1.82, 2.24) is 0 Å². The van der Waals surface area contributed by atoms with Crippen LogP contribution in [0, 0.1) is 24.7 Å². The van der Waals surface area contributed by atoms with Gasteiger partial charge in [-0.15, -0.1) is 12.8 Å². The molecule has 0 aromatic heterocycles. The number of carbonyl (C=O) groups is 2. The number of ether oxygens (including phenoxy) is 4. The van der Waals surface area contributed by atoms with E-state index in [-0.39, 0.29) is 28.7 Å². The number of nitrogens with two attached hydrogens (primary N) is 1. The van der Waals surface area contributed by atoms with Crippen LogP contribution in [0.15, 0.2) is 66.7 Å². The summed E-state index contributed by atoms with van der Waals surface area (Å²) in [6.45, 7) is 0. The van der Waals surface area contributed by atoms with Gasteiger partial charge in [0.2, 0.25) is 0 Å². The van der Waals surface area contributed by atoms with Gasteiger partial charge in [0.25, 0.3) is 0 Å². The minimum Gasteiger partial charge on any atom is -0.399 e. The van der Waals surface area contributed by atoms with E-state index in [0.29, 0.717) is 11.1 Å². The Bertz CT molecular complexity index is 1130. The van der Waals surface area contributed by atoms with Crippen LogP contribution in [-0.2, 0) is 0 Å². The molecule has 3 aromatic carbocycles. The minimum absolute atomic E-state index is 0.00441. The van der Waals surface area contributed by atoms with Crippen molar-refractivity contribution in [1.29, 1.82) is 0 Å². The summed E-state index contributed by atoms with van der Waals surface area (Å²) in [7, 11) is 0. The molecule has 2 N–H and O–H groups in total. The Balaban J connectivity index is 1.65. The van der Waals surface area contributed by atoms with Gasteiger partial charge in [-0.05, 0) is 36.4 Å². The fourth-order valence-corrected chi connectivity index (χ4v) is 2.44. The molecule has 7 nitrogen and oxygen atoms in total. The van der Waals surface area contributed by atoms with Crippen molar-refractivity contribution in [2.75, 3.05) is 5.73 Å². The molecular weight excluding hydrogens is 398 g/mol. The lowest BCUT2D eigenvalue weighted by molar-refractivity contribution is 0.150. The number of hydrogen-bond acceptors (Lipinski definition) is 7. The van der Waals surface area contributed by atoms with E-state index in [1.54, 1.807) is 36.4 Å². The highest BCUT2D eigenvalue weighted by atomic mass is 16.7. The third kappa shape index (κ3) is 6.05. The molecule has 0 spiro atoms. The Kier molecular flexibility index (Phi) is 6.42. The highest BCUT2D eigenvalue weighted by Gasteiger charge is 2.13. The molecule has 7 heteroatoms. The first-order valence-corrected chi connectivity index (χ1v) is 8.78. The van der Waals surface area contributed by atoms with Gasteiger partial charge in [-0.2, -0.15) is 0 Å². The Morgan fingerprint density at radius 2 is 1.06 bits per heavy atom. The molecule has 0 unspecified atom stereocenters. The zero-order valence-electron chi connectivity index (χ0n) is 16.0. The Hall–Kier alpha value is -4.88. The van der Waals surface area contributed by atoms with Crippen LogP contribution in [0.2, 0.25) is 0 Å². The lowest BCUT2D eigenvalue weighted by Crippen LogP contribution is -2.15. The molecule has 0 saturated heterocycles. The summed E-state index contributed by atoms with van der Waals surface area (Å²) in [5.41, 5.74) is 7.04. The van der Waals surface area contributed by atoms with Gasteiger partial charge in [0.1, 0.15) is 23.0 Å². The van der Waals surface area contributed by atoms with Crippen LogP contribution in [0.25, 0.3) is 0 Å². The van der Waals surface area contributed by atoms with E-state index in [0.717, 1.165) is 0 Å². The highest BCUT2D eigenvalue weighted by molar-refractivity contribution is 5.70. The maximum atomic E-state index is 12.0. The van der Waals surface area contributed by atoms with E-state index in [2.05, 4.69) is 11.8 Å². The van der Waals surface area contributed by atoms with Gasteiger partial charge in [0, 0.05) is 35.0 Å². The summed E-state index contributed by atoms with van der Waals surface area (Å²) in [5, 5.41) is 0. The summed E-state index contributed by atoms with van der Waals surface area (Å²) >= 11 is 0. The first-order valence-electron chi connectivity index (χ1n) is 8.78. The maximum Gasteiger partial charge on any atom is 0.519 e. The molecule has 0 heterocycles. The molecule has 31 heavy (non-hydrogen) atoms. The topological polar surface area (TPSA) is 97.1 Å².